The first-order valence-electron chi connectivity index (χ1n) is 9.48. The van der Waals surface area contributed by atoms with Crippen LogP contribution in [0.5, 0.6) is 5.75 Å². The van der Waals surface area contributed by atoms with Crippen LogP contribution in [0.2, 0.25) is 0 Å². The number of nitrogens with zero attached hydrogens (tertiary/aromatic N) is 3. The number of rotatable bonds is 8. The second-order valence-corrected chi connectivity index (χ2v) is 6.95. The summed E-state index contributed by atoms with van der Waals surface area (Å²) in [6.45, 7) is 9.57. The Labute approximate surface area is 155 Å². The zero-order chi connectivity index (χ0) is 18.4. The van der Waals surface area contributed by atoms with Gasteiger partial charge >= 0.3 is 0 Å². The second kappa shape index (κ2) is 9.16. The topological polar surface area (TPSA) is 64.6 Å². The molecule has 1 aliphatic rings. The molecule has 2 aromatic rings. The van der Waals surface area contributed by atoms with Gasteiger partial charge in [-0.25, -0.2) is 0 Å². The molecule has 0 bridgehead atoms. The number of piperazine rings is 1. The number of H-pyrrole nitrogens is 1. The van der Waals surface area contributed by atoms with Crippen molar-refractivity contribution in [2.75, 3.05) is 32.8 Å². The van der Waals surface area contributed by atoms with Crippen molar-refractivity contribution in [3.63, 3.8) is 0 Å². The van der Waals surface area contributed by atoms with Gasteiger partial charge in [0.25, 0.3) is 0 Å². The Balaban J connectivity index is 1.65. The average Bonchev–Trinajstić information content (AvgIpc) is 3.04. The highest BCUT2D eigenvalue weighted by molar-refractivity contribution is 5.33. The van der Waals surface area contributed by atoms with Gasteiger partial charge < -0.3 is 9.84 Å². The third kappa shape index (κ3) is 4.84. The highest BCUT2D eigenvalue weighted by Crippen LogP contribution is 2.23. The second-order valence-electron chi connectivity index (χ2n) is 6.95. The molecule has 3 rings (SSSR count). The van der Waals surface area contributed by atoms with E-state index in [1.54, 1.807) is 0 Å². The first kappa shape index (κ1) is 18.9. The van der Waals surface area contributed by atoms with Gasteiger partial charge in [-0.15, -0.1) is 0 Å². The fourth-order valence-electron chi connectivity index (χ4n) is 3.67. The van der Waals surface area contributed by atoms with Gasteiger partial charge in [-0.2, -0.15) is 5.10 Å². The molecule has 2 N–H and O–H groups in total. The fourth-order valence-corrected chi connectivity index (χ4v) is 3.67. The summed E-state index contributed by atoms with van der Waals surface area (Å²) >= 11 is 0. The van der Waals surface area contributed by atoms with Gasteiger partial charge in [0.1, 0.15) is 5.75 Å². The fraction of sp³-hybridized carbons (Fsp3) is 0.550. The molecule has 0 spiro atoms. The summed E-state index contributed by atoms with van der Waals surface area (Å²) in [7, 11) is 0. The maximum absolute atomic E-state index is 9.53. The van der Waals surface area contributed by atoms with Crippen LogP contribution < -0.4 is 4.74 Å². The van der Waals surface area contributed by atoms with Gasteiger partial charge in [-0.1, -0.05) is 18.2 Å². The molecule has 1 aromatic heterocycles. The number of aromatic nitrogens is 2. The number of aliphatic hydroxyl groups is 1. The van der Waals surface area contributed by atoms with Crippen LogP contribution in [-0.2, 0) is 13.1 Å². The summed E-state index contributed by atoms with van der Waals surface area (Å²) in [5.41, 5.74) is 3.40. The Morgan fingerprint density at radius 3 is 2.85 bits per heavy atom. The normalized spacial score (nSPS) is 19.0. The summed E-state index contributed by atoms with van der Waals surface area (Å²) < 4.78 is 5.78. The molecule has 0 saturated carbocycles. The smallest absolute Gasteiger partial charge is 0.123 e. The van der Waals surface area contributed by atoms with Crippen molar-refractivity contribution in [3.05, 3.63) is 47.3 Å². The van der Waals surface area contributed by atoms with Crippen molar-refractivity contribution >= 4 is 0 Å². The highest BCUT2D eigenvalue weighted by atomic mass is 16.5. The lowest BCUT2D eigenvalue weighted by molar-refractivity contribution is 0.0488. The van der Waals surface area contributed by atoms with Crippen molar-refractivity contribution in [1.29, 1.82) is 0 Å². The number of aromatic amines is 1. The number of ether oxygens (including phenoxy) is 1. The van der Waals surface area contributed by atoms with Crippen molar-refractivity contribution in [2.45, 2.75) is 39.4 Å². The van der Waals surface area contributed by atoms with E-state index >= 15 is 0 Å². The van der Waals surface area contributed by atoms with E-state index in [0.717, 1.165) is 56.3 Å². The molecular formula is C20H30N4O2. The summed E-state index contributed by atoms with van der Waals surface area (Å²) in [5, 5.41) is 16.9. The van der Waals surface area contributed by atoms with Crippen molar-refractivity contribution < 1.29 is 9.84 Å². The maximum atomic E-state index is 9.53. The molecule has 1 aromatic carbocycles. The van der Waals surface area contributed by atoms with Crippen LogP contribution in [0, 0.1) is 6.92 Å². The number of aliphatic hydroxyl groups excluding tert-OH is 1. The molecule has 1 atom stereocenters. The van der Waals surface area contributed by atoms with Crippen LogP contribution in [0.3, 0.4) is 0 Å². The van der Waals surface area contributed by atoms with Crippen molar-refractivity contribution in [1.82, 2.24) is 20.0 Å². The molecule has 0 aliphatic carbocycles. The van der Waals surface area contributed by atoms with E-state index in [1.807, 2.05) is 26.0 Å². The lowest BCUT2D eigenvalue weighted by Crippen LogP contribution is -2.52. The molecule has 1 aliphatic heterocycles. The van der Waals surface area contributed by atoms with Gasteiger partial charge in [0.15, 0.2) is 0 Å². The van der Waals surface area contributed by atoms with Gasteiger partial charge in [0.05, 0.1) is 12.3 Å². The third-order valence-electron chi connectivity index (χ3n) is 4.94. The minimum Gasteiger partial charge on any atom is -0.494 e. The van der Waals surface area contributed by atoms with Crippen molar-refractivity contribution in [3.8, 4) is 5.75 Å². The number of para-hydroxylation sites is 1. The summed E-state index contributed by atoms with van der Waals surface area (Å²) in [5.74, 6) is 0.965. The minimum atomic E-state index is 0.212. The van der Waals surface area contributed by atoms with E-state index in [1.165, 1.54) is 5.56 Å². The average molecular weight is 358 g/mol. The number of hydrogen-bond donors (Lipinski definition) is 2. The quantitative estimate of drug-likeness (QED) is 0.757. The zero-order valence-corrected chi connectivity index (χ0v) is 15.8. The predicted octanol–water partition coefficient (Wildman–Crippen LogP) is 2.19. The number of hydrogen-bond acceptors (Lipinski definition) is 5. The Hall–Kier alpha value is -1.89. The standard InChI is InChI=1S/C20H30N4O2/c1-3-26-20-7-5-4-6-17(20)13-24-10-9-23(15-19(24)8-11-25)14-18-12-16(2)21-22-18/h4-7,12,19,25H,3,8-11,13-15H2,1-2H3,(H,21,22)/t19-/m1/s1. The number of nitrogens with one attached hydrogen (secondary N) is 1. The van der Waals surface area contributed by atoms with Crippen LogP contribution in [-0.4, -0.2) is 64.0 Å². The molecule has 0 radical (unpaired) electrons. The monoisotopic (exact) mass is 358 g/mol. The third-order valence-corrected chi connectivity index (χ3v) is 4.94. The van der Waals surface area contributed by atoms with Gasteiger partial charge in [-0.3, -0.25) is 14.9 Å². The molecule has 0 unspecified atom stereocenters. The van der Waals surface area contributed by atoms with Gasteiger partial charge in [0, 0.05) is 56.6 Å². The van der Waals surface area contributed by atoms with E-state index in [9.17, 15) is 5.11 Å². The minimum absolute atomic E-state index is 0.212. The SMILES string of the molecule is CCOc1ccccc1CN1CCN(Cc2cc(C)[nH]n2)C[C@H]1CCO. The Morgan fingerprint density at radius 2 is 2.12 bits per heavy atom. The molecule has 6 nitrogen and oxygen atoms in total. The van der Waals surface area contributed by atoms with Crippen LogP contribution in [0.25, 0.3) is 0 Å². The van der Waals surface area contributed by atoms with Crippen LogP contribution in [0.4, 0.5) is 0 Å². The first-order valence-corrected chi connectivity index (χ1v) is 9.48. The van der Waals surface area contributed by atoms with Gasteiger partial charge in [0.2, 0.25) is 0 Å². The first-order chi connectivity index (χ1) is 12.7. The zero-order valence-electron chi connectivity index (χ0n) is 15.8. The molecular weight excluding hydrogens is 328 g/mol. The maximum Gasteiger partial charge on any atom is 0.123 e. The molecule has 6 heteroatoms. The predicted molar refractivity (Wildman–Crippen MR) is 102 cm³/mol. The molecule has 142 valence electrons. The number of aryl methyl sites for hydroxylation is 1. The Morgan fingerprint density at radius 1 is 1.27 bits per heavy atom. The van der Waals surface area contributed by atoms with E-state index in [4.69, 9.17) is 4.74 Å². The van der Waals surface area contributed by atoms with Gasteiger partial charge in [-0.05, 0) is 32.4 Å². The van der Waals surface area contributed by atoms with E-state index in [2.05, 4.69) is 38.2 Å². The molecule has 2 heterocycles. The van der Waals surface area contributed by atoms with Crippen LogP contribution in [0.1, 0.15) is 30.3 Å². The number of benzene rings is 1. The lowest BCUT2D eigenvalue weighted by Gasteiger charge is -2.41. The summed E-state index contributed by atoms with van der Waals surface area (Å²) in [6, 6.07) is 10.7. The van der Waals surface area contributed by atoms with Crippen LogP contribution >= 0.6 is 0 Å². The lowest BCUT2D eigenvalue weighted by atomic mass is 10.1. The summed E-state index contributed by atoms with van der Waals surface area (Å²) in [6.07, 6.45) is 0.785. The molecule has 1 saturated heterocycles. The molecule has 26 heavy (non-hydrogen) atoms. The van der Waals surface area contributed by atoms with E-state index in [-0.39, 0.29) is 6.61 Å². The Kier molecular flexibility index (Phi) is 6.66. The largest absolute Gasteiger partial charge is 0.494 e. The van der Waals surface area contributed by atoms with Crippen LogP contribution in [0.15, 0.2) is 30.3 Å². The highest BCUT2D eigenvalue weighted by Gasteiger charge is 2.27. The Bertz CT molecular complexity index is 688. The molecule has 0 amide bonds. The van der Waals surface area contributed by atoms with E-state index in [0.29, 0.717) is 12.6 Å². The molecule has 1 fully saturated rings. The summed E-state index contributed by atoms with van der Waals surface area (Å²) in [4.78, 5) is 4.90. The van der Waals surface area contributed by atoms with Crippen molar-refractivity contribution in [2.24, 2.45) is 0 Å². The van der Waals surface area contributed by atoms with E-state index < -0.39 is 0 Å².